The number of morpholine rings is 1. The van der Waals surface area contributed by atoms with Crippen molar-refractivity contribution in [2.75, 3.05) is 13.2 Å². The highest BCUT2D eigenvalue weighted by molar-refractivity contribution is 6.30. The average Bonchev–Trinajstić information content (AvgIpc) is 2.80. The molecule has 0 aromatic rings. The van der Waals surface area contributed by atoms with Gasteiger partial charge in [-0.25, -0.2) is 0 Å². The van der Waals surface area contributed by atoms with Gasteiger partial charge in [0.15, 0.2) is 0 Å². The molecule has 3 nitrogen and oxygen atoms in total. The van der Waals surface area contributed by atoms with Crippen molar-refractivity contribution in [3.8, 4) is 0 Å². The first-order chi connectivity index (χ1) is 5.70. The molecule has 0 N–H and O–H groups in total. The third kappa shape index (κ3) is 1.31. The molecule has 1 saturated heterocycles. The summed E-state index contributed by atoms with van der Waals surface area (Å²) in [4.78, 5) is 13.3. The van der Waals surface area contributed by atoms with Crippen molar-refractivity contribution in [2.24, 2.45) is 0 Å². The number of hydrogen-bond acceptors (Lipinski definition) is 2. The van der Waals surface area contributed by atoms with Crippen LogP contribution >= 0.6 is 11.6 Å². The van der Waals surface area contributed by atoms with E-state index in [-0.39, 0.29) is 5.91 Å². The fourth-order valence-corrected chi connectivity index (χ4v) is 1.76. The van der Waals surface area contributed by atoms with E-state index in [4.69, 9.17) is 16.3 Å². The van der Waals surface area contributed by atoms with Gasteiger partial charge < -0.3 is 9.64 Å². The fourth-order valence-electron chi connectivity index (χ4n) is 1.64. The molecular formula is C8H12ClNO2. The zero-order chi connectivity index (χ0) is 8.72. The molecule has 0 aromatic carbocycles. The van der Waals surface area contributed by atoms with Crippen molar-refractivity contribution in [1.29, 1.82) is 0 Å². The van der Waals surface area contributed by atoms with E-state index in [2.05, 4.69) is 0 Å². The molecule has 1 heterocycles. The molecular weight excluding hydrogens is 178 g/mol. The Morgan fingerprint density at radius 1 is 1.75 bits per heavy atom. The first-order valence-electron chi connectivity index (χ1n) is 4.26. The van der Waals surface area contributed by atoms with Crippen molar-refractivity contribution in [3.05, 3.63) is 0 Å². The summed E-state index contributed by atoms with van der Waals surface area (Å²) in [6.45, 7) is 3.09. The Bertz CT molecular complexity index is 207. The largest absolute Gasteiger partial charge is 0.374 e. The summed E-state index contributed by atoms with van der Waals surface area (Å²) in [5.74, 6) is 0.0486. The number of alkyl halides is 1. The molecule has 0 aromatic heterocycles. The van der Waals surface area contributed by atoms with Gasteiger partial charge in [-0.3, -0.25) is 4.79 Å². The fraction of sp³-hybridized carbons (Fsp3) is 0.875. The Morgan fingerprint density at radius 3 is 3.17 bits per heavy atom. The second-order valence-corrected chi connectivity index (χ2v) is 4.01. The number of amides is 1. The number of hydrogen-bond donors (Lipinski definition) is 0. The molecule has 0 spiro atoms. The molecule has 1 amide bonds. The Kier molecular flexibility index (Phi) is 2.00. The minimum atomic E-state index is -0.399. The summed E-state index contributed by atoms with van der Waals surface area (Å²) >= 11 is 5.71. The number of fused-ring (bicyclic) bond motifs is 1. The lowest BCUT2D eigenvalue weighted by Gasteiger charge is -2.27. The van der Waals surface area contributed by atoms with E-state index in [1.807, 2.05) is 4.90 Å². The zero-order valence-corrected chi connectivity index (χ0v) is 7.75. The maximum atomic E-state index is 11.5. The molecule has 2 rings (SSSR count). The molecule has 2 aliphatic rings. The number of nitrogens with zero attached hydrogens (tertiary/aromatic N) is 1. The highest BCUT2D eigenvalue weighted by Crippen LogP contribution is 2.34. The topological polar surface area (TPSA) is 29.5 Å². The lowest BCUT2D eigenvalue weighted by molar-refractivity contribution is -0.134. The van der Waals surface area contributed by atoms with Gasteiger partial charge in [0.25, 0.3) is 0 Å². The quantitative estimate of drug-likeness (QED) is 0.566. The lowest BCUT2D eigenvalue weighted by atomic mass is 10.3. The van der Waals surface area contributed by atoms with Gasteiger partial charge in [0.1, 0.15) is 5.38 Å². The van der Waals surface area contributed by atoms with Crippen LogP contribution in [0.2, 0.25) is 0 Å². The molecule has 3 unspecified atom stereocenters. The van der Waals surface area contributed by atoms with Crippen molar-refractivity contribution in [3.63, 3.8) is 0 Å². The number of carbonyl (C=O) groups is 1. The molecule has 1 saturated carbocycles. The summed E-state index contributed by atoms with van der Waals surface area (Å²) < 4.78 is 5.38. The van der Waals surface area contributed by atoms with Gasteiger partial charge in [-0.15, -0.1) is 11.6 Å². The second-order valence-electron chi connectivity index (χ2n) is 3.36. The van der Waals surface area contributed by atoms with Crippen LogP contribution in [0.3, 0.4) is 0 Å². The van der Waals surface area contributed by atoms with Gasteiger partial charge in [-0.05, 0) is 13.3 Å². The van der Waals surface area contributed by atoms with E-state index >= 15 is 0 Å². The smallest absolute Gasteiger partial charge is 0.240 e. The summed E-state index contributed by atoms with van der Waals surface area (Å²) in [7, 11) is 0. The van der Waals surface area contributed by atoms with Crippen LogP contribution in [0.1, 0.15) is 13.3 Å². The van der Waals surface area contributed by atoms with Crippen molar-refractivity contribution in [1.82, 2.24) is 4.90 Å². The second kappa shape index (κ2) is 2.89. The van der Waals surface area contributed by atoms with Gasteiger partial charge in [-0.1, -0.05) is 0 Å². The van der Waals surface area contributed by atoms with E-state index in [0.717, 1.165) is 6.42 Å². The number of ether oxygens (including phenoxy) is 1. The van der Waals surface area contributed by atoms with Gasteiger partial charge >= 0.3 is 0 Å². The van der Waals surface area contributed by atoms with Gasteiger partial charge in [0.05, 0.1) is 18.8 Å². The molecule has 2 fully saturated rings. The third-order valence-electron chi connectivity index (χ3n) is 2.39. The zero-order valence-electron chi connectivity index (χ0n) is 7.00. The number of carbonyl (C=O) groups excluding carboxylic acids is 1. The van der Waals surface area contributed by atoms with Crippen LogP contribution < -0.4 is 0 Å². The Morgan fingerprint density at radius 2 is 2.50 bits per heavy atom. The minimum Gasteiger partial charge on any atom is -0.374 e. The van der Waals surface area contributed by atoms with Crippen molar-refractivity contribution < 1.29 is 9.53 Å². The predicted molar refractivity (Wildman–Crippen MR) is 45.2 cm³/mol. The monoisotopic (exact) mass is 189 g/mol. The number of rotatable bonds is 1. The van der Waals surface area contributed by atoms with E-state index in [1.165, 1.54) is 0 Å². The summed E-state index contributed by atoms with van der Waals surface area (Å²) in [6.07, 6.45) is 1.30. The molecule has 1 aliphatic heterocycles. The molecule has 68 valence electrons. The predicted octanol–water partition coefficient (Wildman–Crippen LogP) is 0.613. The molecule has 12 heavy (non-hydrogen) atoms. The normalized spacial score (nSPS) is 35.7. The Balaban J connectivity index is 1.99. The van der Waals surface area contributed by atoms with Crippen LogP contribution in [-0.2, 0) is 9.53 Å². The maximum Gasteiger partial charge on any atom is 0.240 e. The van der Waals surface area contributed by atoms with Crippen LogP contribution in [-0.4, -0.2) is 41.5 Å². The van der Waals surface area contributed by atoms with Crippen LogP contribution in [0, 0.1) is 0 Å². The third-order valence-corrected chi connectivity index (χ3v) is 2.57. The van der Waals surface area contributed by atoms with E-state index in [9.17, 15) is 4.79 Å². The lowest BCUT2D eigenvalue weighted by Crippen LogP contribution is -2.44. The van der Waals surface area contributed by atoms with E-state index in [1.54, 1.807) is 6.92 Å². The van der Waals surface area contributed by atoms with Crippen LogP contribution in [0.4, 0.5) is 0 Å². The Labute approximate surface area is 76.6 Å². The van der Waals surface area contributed by atoms with E-state index < -0.39 is 5.38 Å². The summed E-state index contributed by atoms with van der Waals surface area (Å²) in [5, 5.41) is -0.399. The van der Waals surface area contributed by atoms with Gasteiger partial charge in [-0.2, -0.15) is 0 Å². The molecule has 4 heteroatoms. The minimum absolute atomic E-state index is 0.0486. The van der Waals surface area contributed by atoms with Crippen LogP contribution in [0.5, 0.6) is 0 Å². The van der Waals surface area contributed by atoms with Crippen LogP contribution in [0.15, 0.2) is 0 Å². The molecule has 1 aliphatic carbocycles. The first kappa shape index (κ1) is 8.32. The average molecular weight is 190 g/mol. The maximum absolute atomic E-state index is 11.5. The van der Waals surface area contributed by atoms with Gasteiger partial charge in [0.2, 0.25) is 5.91 Å². The molecule has 0 radical (unpaired) electrons. The van der Waals surface area contributed by atoms with Crippen LogP contribution in [0.25, 0.3) is 0 Å². The molecule has 3 atom stereocenters. The molecule has 0 bridgehead atoms. The van der Waals surface area contributed by atoms with Crippen molar-refractivity contribution >= 4 is 17.5 Å². The summed E-state index contributed by atoms with van der Waals surface area (Å²) in [5.41, 5.74) is 0. The Hall–Kier alpha value is -0.280. The SMILES string of the molecule is CC(Cl)C(=O)N1CCOC2CC21. The highest BCUT2D eigenvalue weighted by atomic mass is 35.5. The van der Waals surface area contributed by atoms with E-state index in [0.29, 0.717) is 25.3 Å². The van der Waals surface area contributed by atoms with Crippen molar-refractivity contribution in [2.45, 2.75) is 30.9 Å². The highest BCUT2D eigenvalue weighted by Gasteiger charge is 2.48. The number of halogens is 1. The summed E-state index contributed by atoms with van der Waals surface area (Å²) in [6, 6.07) is 0.326. The standard InChI is InChI=1S/C8H12ClNO2/c1-5(9)8(11)10-2-3-12-7-4-6(7)10/h5-7H,2-4H2,1H3. The first-order valence-corrected chi connectivity index (χ1v) is 4.70. The van der Waals surface area contributed by atoms with Gasteiger partial charge in [0, 0.05) is 6.54 Å².